The van der Waals surface area contributed by atoms with E-state index in [-0.39, 0.29) is 0 Å². The minimum absolute atomic E-state index is 1.03. The van der Waals surface area contributed by atoms with E-state index in [4.69, 9.17) is 6.15 Å². The Morgan fingerprint density at radius 1 is 1.62 bits per heavy atom. The van der Waals surface area contributed by atoms with Crippen LogP contribution < -0.4 is 0 Å². The molecular weight excluding hydrogens is 233 g/mol. The van der Waals surface area contributed by atoms with Gasteiger partial charge in [0.2, 0.25) is 0 Å². The van der Waals surface area contributed by atoms with Crippen molar-refractivity contribution >= 4 is 38.4 Å². The Kier molecular flexibility index (Phi) is 7.81. The average Bonchev–Trinajstić information content (AvgIpc) is 2.17. The molecule has 0 bridgehead atoms. The predicted molar refractivity (Wildman–Crippen MR) is 32.9 cm³/mol. The van der Waals surface area contributed by atoms with Gasteiger partial charge in [0, 0.05) is 12.3 Å². The Balaban J connectivity index is 0.000000145. The van der Waals surface area contributed by atoms with Gasteiger partial charge in [0.1, 0.15) is 0 Å². The van der Waals surface area contributed by atoms with Gasteiger partial charge in [-0.3, -0.25) is 4.99 Å². The Morgan fingerprint density at radius 2 is 2.25 bits per heavy atom. The Labute approximate surface area is 61.9 Å². The molecular formula is C3H5NO2SSn. The Morgan fingerprint density at radius 3 is 2.38 bits per heavy atom. The van der Waals surface area contributed by atoms with E-state index >= 15 is 0 Å². The molecule has 0 aromatic carbocycles. The number of nitrogens with zero attached hydrogens (tertiary/aromatic N) is 1. The summed E-state index contributed by atoms with van der Waals surface area (Å²) in [6.07, 6.45) is 0. The van der Waals surface area contributed by atoms with Crippen LogP contribution in [-0.4, -0.2) is 39.0 Å². The molecule has 0 radical (unpaired) electrons. The van der Waals surface area contributed by atoms with Crippen molar-refractivity contribution in [3.05, 3.63) is 0 Å². The van der Waals surface area contributed by atoms with Crippen LogP contribution in [0, 0.1) is 0 Å². The van der Waals surface area contributed by atoms with Crippen molar-refractivity contribution in [1.82, 2.24) is 0 Å². The molecule has 0 spiro atoms. The summed E-state index contributed by atoms with van der Waals surface area (Å²) in [5.74, 6) is 1.19. The molecule has 44 valence electrons. The Hall–Kier alpha value is 0.419. The minimum atomic E-state index is -2.27. The maximum absolute atomic E-state index is 8.54. The SMILES string of the molecule is C1=NCCS1.[O]=[Sn]=[O]. The van der Waals surface area contributed by atoms with Crippen LogP contribution in [0.4, 0.5) is 0 Å². The molecule has 1 aliphatic rings. The van der Waals surface area contributed by atoms with Crippen LogP contribution >= 0.6 is 11.8 Å². The molecule has 0 atom stereocenters. The molecule has 1 aliphatic heterocycles. The number of hydrogen-bond donors (Lipinski definition) is 0. The second-order valence-corrected chi connectivity index (χ2v) is 2.39. The molecule has 0 amide bonds. The van der Waals surface area contributed by atoms with Crippen LogP contribution in [0.3, 0.4) is 0 Å². The van der Waals surface area contributed by atoms with Gasteiger partial charge < -0.3 is 0 Å². The van der Waals surface area contributed by atoms with Crippen molar-refractivity contribution in [2.24, 2.45) is 4.99 Å². The van der Waals surface area contributed by atoms with E-state index in [0.29, 0.717) is 0 Å². The molecule has 0 saturated heterocycles. The van der Waals surface area contributed by atoms with Crippen LogP contribution in [-0.2, 0) is 6.15 Å². The predicted octanol–water partition coefficient (Wildman–Crippen LogP) is 0.143. The zero-order valence-electron chi connectivity index (χ0n) is 4.16. The first-order valence-corrected chi connectivity index (χ1v) is 5.39. The summed E-state index contributed by atoms with van der Waals surface area (Å²) < 4.78 is 17.1. The van der Waals surface area contributed by atoms with Crippen molar-refractivity contribution in [1.29, 1.82) is 0 Å². The van der Waals surface area contributed by atoms with E-state index in [2.05, 4.69) is 4.99 Å². The first-order chi connectivity index (χ1) is 3.91. The van der Waals surface area contributed by atoms with E-state index < -0.39 is 21.1 Å². The summed E-state index contributed by atoms with van der Waals surface area (Å²) in [4.78, 5) is 3.92. The fourth-order valence-electron chi connectivity index (χ4n) is 0.264. The molecule has 0 saturated carbocycles. The van der Waals surface area contributed by atoms with Crippen molar-refractivity contribution in [2.45, 2.75) is 0 Å². The molecule has 8 heavy (non-hydrogen) atoms. The number of thioether (sulfide) groups is 1. The third-order valence-corrected chi connectivity index (χ3v) is 1.20. The van der Waals surface area contributed by atoms with Crippen LogP contribution in [0.15, 0.2) is 4.99 Å². The second kappa shape index (κ2) is 7.42. The third kappa shape index (κ3) is 6.42. The van der Waals surface area contributed by atoms with E-state index in [1.165, 1.54) is 5.75 Å². The van der Waals surface area contributed by atoms with Crippen LogP contribution in [0.25, 0.3) is 0 Å². The van der Waals surface area contributed by atoms with Gasteiger partial charge in [-0.1, -0.05) is 0 Å². The second-order valence-electron chi connectivity index (χ2n) is 0.966. The zero-order valence-corrected chi connectivity index (χ0v) is 7.83. The van der Waals surface area contributed by atoms with Gasteiger partial charge in [-0.15, -0.1) is 11.8 Å². The first-order valence-electron chi connectivity index (χ1n) is 2.01. The van der Waals surface area contributed by atoms with Crippen molar-refractivity contribution in [3.8, 4) is 0 Å². The topological polar surface area (TPSA) is 46.5 Å². The van der Waals surface area contributed by atoms with E-state index in [1.807, 2.05) is 5.55 Å². The van der Waals surface area contributed by atoms with Crippen LogP contribution in [0.2, 0.25) is 0 Å². The summed E-state index contributed by atoms with van der Waals surface area (Å²) in [5.41, 5.74) is 1.90. The summed E-state index contributed by atoms with van der Waals surface area (Å²) in [5, 5.41) is 0. The monoisotopic (exact) mass is 239 g/mol. The van der Waals surface area contributed by atoms with Gasteiger partial charge in [-0.25, -0.2) is 0 Å². The van der Waals surface area contributed by atoms with Gasteiger partial charge >= 0.3 is 27.3 Å². The molecule has 1 heterocycles. The molecule has 0 aliphatic carbocycles. The van der Waals surface area contributed by atoms with Gasteiger partial charge in [0.25, 0.3) is 0 Å². The van der Waals surface area contributed by atoms with Crippen LogP contribution in [0.1, 0.15) is 0 Å². The fourth-order valence-corrected chi connectivity index (χ4v) is 0.791. The van der Waals surface area contributed by atoms with Crippen molar-refractivity contribution in [3.63, 3.8) is 0 Å². The quantitative estimate of drug-likeness (QED) is 0.564. The van der Waals surface area contributed by atoms with Crippen molar-refractivity contribution < 1.29 is 6.15 Å². The van der Waals surface area contributed by atoms with Crippen LogP contribution in [0.5, 0.6) is 0 Å². The molecule has 1 rings (SSSR count). The standard InChI is InChI=1S/C3H5NS.2O.Sn/c1-2-5-3-4-1;;;/h3H,1-2H2;;;. The van der Waals surface area contributed by atoms with Gasteiger partial charge in [0.05, 0.1) is 5.55 Å². The van der Waals surface area contributed by atoms with E-state index in [1.54, 1.807) is 11.8 Å². The molecule has 0 aromatic heterocycles. The first kappa shape index (κ1) is 8.42. The van der Waals surface area contributed by atoms with E-state index in [0.717, 1.165) is 6.54 Å². The summed E-state index contributed by atoms with van der Waals surface area (Å²) in [6, 6.07) is 0. The van der Waals surface area contributed by atoms with Gasteiger partial charge in [0.15, 0.2) is 0 Å². The third-order valence-electron chi connectivity index (χ3n) is 0.487. The maximum atomic E-state index is 8.54. The normalized spacial score (nSPS) is 14.0. The molecule has 0 aromatic rings. The number of aliphatic imine (C=N–C) groups is 1. The van der Waals surface area contributed by atoms with E-state index in [9.17, 15) is 0 Å². The fraction of sp³-hybridized carbons (Fsp3) is 0.667. The summed E-state index contributed by atoms with van der Waals surface area (Å²) >= 11 is -0.488. The summed E-state index contributed by atoms with van der Waals surface area (Å²) in [6.45, 7) is 1.03. The number of rotatable bonds is 0. The molecule has 0 unspecified atom stereocenters. The summed E-state index contributed by atoms with van der Waals surface area (Å²) in [7, 11) is 0. The van der Waals surface area contributed by atoms with Gasteiger partial charge in [-0.05, 0) is 0 Å². The average molecular weight is 238 g/mol. The zero-order chi connectivity index (χ0) is 6.24. The Bertz CT molecular complexity index is 104. The molecule has 5 heteroatoms. The molecule has 3 nitrogen and oxygen atoms in total. The molecule has 0 N–H and O–H groups in total. The van der Waals surface area contributed by atoms with Crippen molar-refractivity contribution in [2.75, 3.05) is 12.3 Å². The number of hydrogen-bond acceptors (Lipinski definition) is 4. The van der Waals surface area contributed by atoms with Gasteiger partial charge in [-0.2, -0.15) is 0 Å². The molecule has 0 fully saturated rings.